The Hall–Kier alpha value is -3.03. The first kappa shape index (κ1) is 22.7. The fraction of sp³-hybridized carbons (Fsp3) is 0.261. The van der Waals surface area contributed by atoms with E-state index in [4.69, 9.17) is 11.6 Å². The van der Waals surface area contributed by atoms with Gasteiger partial charge in [0.15, 0.2) is 0 Å². The van der Waals surface area contributed by atoms with Crippen LogP contribution in [0.2, 0.25) is 5.02 Å². The van der Waals surface area contributed by atoms with Crippen LogP contribution in [-0.2, 0) is 0 Å². The topological polar surface area (TPSA) is 84.2 Å². The summed E-state index contributed by atoms with van der Waals surface area (Å²) in [7, 11) is 0. The summed E-state index contributed by atoms with van der Waals surface area (Å²) < 4.78 is 14.8. The Labute approximate surface area is 184 Å². The molecule has 0 aliphatic carbocycles. The Balaban J connectivity index is 2.16. The van der Waals surface area contributed by atoms with E-state index in [-0.39, 0.29) is 17.9 Å². The summed E-state index contributed by atoms with van der Waals surface area (Å²) in [5, 5.41) is 17.3. The zero-order valence-corrected chi connectivity index (χ0v) is 18.2. The van der Waals surface area contributed by atoms with Gasteiger partial charge >= 0.3 is 0 Å². The van der Waals surface area contributed by atoms with Crippen LogP contribution in [0.25, 0.3) is 16.9 Å². The van der Waals surface area contributed by atoms with Crippen LogP contribution >= 0.6 is 11.6 Å². The van der Waals surface area contributed by atoms with Crippen LogP contribution in [-0.4, -0.2) is 33.4 Å². The summed E-state index contributed by atoms with van der Waals surface area (Å²) in [5.41, 5.74) is -0.166. The Kier molecular flexibility index (Phi) is 6.57. The maximum absolute atomic E-state index is 13.8. The Morgan fingerprint density at radius 2 is 1.87 bits per heavy atom. The highest BCUT2D eigenvalue weighted by Gasteiger charge is 2.27. The number of aliphatic hydroxyl groups is 1. The van der Waals surface area contributed by atoms with Gasteiger partial charge in [0.25, 0.3) is 11.5 Å². The lowest BCUT2D eigenvalue weighted by atomic mass is 9.87. The van der Waals surface area contributed by atoms with Crippen molar-refractivity contribution in [2.45, 2.75) is 26.8 Å². The summed E-state index contributed by atoms with van der Waals surface area (Å²) in [6.07, 6.45) is 0. The number of carbonyl (C=O) groups excluding carboxylic acids is 1. The summed E-state index contributed by atoms with van der Waals surface area (Å²) in [4.78, 5) is 26.1. The van der Waals surface area contributed by atoms with Crippen molar-refractivity contribution < 1.29 is 14.3 Å². The molecule has 0 saturated carbocycles. The number of amides is 1. The van der Waals surface area contributed by atoms with Crippen molar-refractivity contribution in [3.05, 3.63) is 81.4 Å². The molecule has 0 saturated heterocycles. The van der Waals surface area contributed by atoms with Crippen LogP contribution in [0.5, 0.6) is 0 Å². The minimum atomic E-state index is -0.702. The standard InChI is InChI=1S/C23H23ClFN3O3/c1-23(2,3)20(13-29)26-21(30)18-12-19(14-7-9-15(24)10-8-14)27-28(22(18)31)17-6-4-5-16(25)11-17/h4-12,20,29H,13H2,1-3H3,(H,26,30). The van der Waals surface area contributed by atoms with Crippen molar-refractivity contribution in [2.75, 3.05) is 6.61 Å². The molecule has 0 radical (unpaired) electrons. The van der Waals surface area contributed by atoms with E-state index >= 15 is 0 Å². The van der Waals surface area contributed by atoms with Gasteiger partial charge in [0.05, 0.1) is 24.0 Å². The fourth-order valence-electron chi connectivity index (χ4n) is 2.97. The zero-order valence-electron chi connectivity index (χ0n) is 17.4. The van der Waals surface area contributed by atoms with Crippen LogP contribution in [0.3, 0.4) is 0 Å². The van der Waals surface area contributed by atoms with E-state index in [0.29, 0.717) is 16.3 Å². The number of carbonyl (C=O) groups is 1. The highest BCUT2D eigenvalue weighted by molar-refractivity contribution is 6.30. The van der Waals surface area contributed by atoms with Crippen molar-refractivity contribution in [1.29, 1.82) is 0 Å². The molecule has 1 amide bonds. The van der Waals surface area contributed by atoms with Crippen LogP contribution < -0.4 is 10.9 Å². The summed E-state index contributed by atoms with van der Waals surface area (Å²) in [5.74, 6) is -1.19. The highest BCUT2D eigenvalue weighted by atomic mass is 35.5. The Morgan fingerprint density at radius 3 is 2.45 bits per heavy atom. The molecule has 0 aliphatic heterocycles. The quantitative estimate of drug-likeness (QED) is 0.627. The molecule has 1 aromatic heterocycles. The minimum absolute atomic E-state index is 0.174. The van der Waals surface area contributed by atoms with Gasteiger partial charge in [-0.1, -0.05) is 50.6 Å². The molecule has 3 aromatic rings. The predicted molar refractivity (Wildman–Crippen MR) is 118 cm³/mol. The van der Waals surface area contributed by atoms with Crippen LogP contribution in [0, 0.1) is 11.2 Å². The second-order valence-corrected chi connectivity index (χ2v) is 8.66. The van der Waals surface area contributed by atoms with Gasteiger partial charge in [0.2, 0.25) is 0 Å². The molecule has 2 N–H and O–H groups in total. The molecule has 0 fully saturated rings. The number of hydrogen-bond donors (Lipinski definition) is 2. The number of aromatic nitrogens is 2. The number of nitrogens with zero attached hydrogens (tertiary/aromatic N) is 2. The molecule has 1 unspecified atom stereocenters. The SMILES string of the molecule is CC(C)(C)C(CO)NC(=O)c1cc(-c2ccc(Cl)cc2)nn(-c2cccc(F)c2)c1=O. The maximum Gasteiger partial charge on any atom is 0.284 e. The third kappa shape index (κ3) is 5.18. The van der Waals surface area contributed by atoms with E-state index in [2.05, 4.69) is 10.4 Å². The molecular formula is C23H23ClFN3O3. The maximum atomic E-state index is 13.8. The van der Waals surface area contributed by atoms with Gasteiger partial charge in [-0.2, -0.15) is 9.78 Å². The molecule has 0 spiro atoms. The average molecular weight is 444 g/mol. The van der Waals surface area contributed by atoms with Gasteiger partial charge in [0, 0.05) is 10.6 Å². The minimum Gasteiger partial charge on any atom is -0.394 e. The van der Waals surface area contributed by atoms with Crippen LogP contribution in [0.15, 0.2) is 59.4 Å². The van der Waals surface area contributed by atoms with Crippen molar-refractivity contribution in [2.24, 2.45) is 5.41 Å². The van der Waals surface area contributed by atoms with Gasteiger partial charge in [0.1, 0.15) is 11.4 Å². The summed E-state index contributed by atoms with van der Waals surface area (Å²) in [6.45, 7) is 5.31. The number of hydrogen-bond acceptors (Lipinski definition) is 4. The average Bonchev–Trinajstić information content (AvgIpc) is 2.71. The van der Waals surface area contributed by atoms with E-state index in [0.717, 1.165) is 10.7 Å². The second kappa shape index (κ2) is 8.99. The van der Waals surface area contributed by atoms with Gasteiger partial charge in [-0.25, -0.2) is 4.39 Å². The molecule has 162 valence electrons. The molecule has 6 nitrogen and oxygen atoms in total. The van der Waals surface area contributed by atoms with Gasteiger partial charge in [-0.15, -0.1) is 0 Å². The van der Waals surface area contributed by atoms with Crippen LogP contribution in [0.4, 0.5) is 4.39 Å². The van der Waals surface area contributed by atoms with E-state index < -0.39 is 28.7 Å². The smallest absolute Gasteiger partial charge is 0.284 e. The van der Waals surface area contributed by atoms with Crippen molar-refractivity contribution in [3.8, 4) is 16.9 Å². The molecule has 0 bridgehead atoms. The molecule has 0 aliphatic rings. The lowest BCUT2D eigenvalue weighted by Gasteiger charge is -2.29. The fourth-order valence-corrected chi connectivity index (χ4v) is 3.10. The van der Waals surface area contributed by atoms with Crippen LogP contribution in [0.1, 0.15) is 31.1 Å². The first-order valence-electron chi connectivity index (χ1n) is 9.68. The normalized spacial score (nSPS) is 12.5. The van der Waals surface area contributed by atoms with E-state index in [1.54, 1.807) is 24.3 Å². The molecule has 3 rings (SSSR count). The van der Waals surface area contributed by atoms with Crippen molar-refractivity contribution in [1.82, 2.24) is 15.1 Å². The predicted octanol–water partition coefficient (Wildman–Crippen LogP) is 3.83. The van der Waals surface area contributed by atoms with E-state index in [1.807, 2.05) is 20.8 Å². The molecule has 1 heterocycles. The molecular weight excluding hydrogens is 421 g/mol. The monoisotopic (exact) mass is 443 g/mol. The number of halogens is 2. The number of rotatable bonds is 5. The first-order chi connectivity index (χ1) is 14.6. The lowest BCUT2D eigenvalue weighted by Crippen LogP contribution is -2.47. The summed E-state index contributed by atoms with van der Waals surface area (Å²) >= 11 is 5.96. The molecule has 31 heavy (non-hydrogen) atoms. The first-order valence-corrected chi connectivity index (χ1v) is 10.1. The number of benzene rings is 2. The highest BCUT2D eigenvalue weighted by Crippen LogP contribution is 2.22. The third-order valence-electron chi connectivity index (χ3n) is 4.88. The second-order valence-electron chi connectivity index (χ2n) is 8.22. The Bertz CT molecular complexity index is 1150. The number of aliphatic hydroxyl groups excluding tert-OH is 1. The molecule has 2 aromatic carbocycles. The van der Waals surface area contributed by atoms with Crippen molar-refractivity contribution in [3.63, 3.8) is 0 Å². The largest absolute Gasteiger partial charge is 0.394 e. The van der Waals surface area contributed by atoms with Crippen molar-refractivity contribution >= 4 is 17.5 Å². The van der Waals surface area contributed by atoms with E-state index in [9.17, 15) is 19.1 Å². The number of nitrogens with one attached hydrogen (secondary N) is 1. The Morgan fingerprint density at radius 1 is 1.19 bits per heavy atom. The third-order valence-corrected chi connectivity index (χ3v) is 5.13. The lowest BCUT2D eigenvalue weighted by molar-refractivity contribution is 0.0846. The molecule has 8 heteroatoms. The van der Waals surface area contributed by atoms with E-state index in [1.165, 1.54) is 24.3 Å². The van der Waals surface area contributed by atoms with Gasteiger partial charge < -0.3 is 10.4 Å². The molecule has 1 atom stereocenters. The van der Waals surface area contributed by atoms with Gasteiger partial charge in [-0.3, -0.25) is 9.59 Å². The zero-order chi connectivity index (χ0) is 22.8. The van der Waals surface area contributed by atoms with Gasteiger partial charge in [-0.05, 0) is 41.8 Å². The summed E-state index contributed by atoms with van der Waals surface area (Å²) in [6, 6.07) is 12.9.